The van der Waals surface area contributed by atoms with Crippen molar-refractivity contribution in [3.8, 4) is 0 Å². The summed E-state index contributed by atoms with van der Waals surface area (Å²) in [4.78, 5) is 0. The van der Waals surface area contributed by atoms with Crippen molar-refractivity contribution in [3.05, 3.63) is 60.7 Å². The molecule has 3 rings (SSSR count). The highest BCUT2D eigenvalue weighted by atomic mass is 28.4. The van der Waals surface area contributed by atoms with Crippen LogP contribution in [-0.4, -0.2) is 38.8 Å². The fourth-order valence-corrected chi connectivity index (χ4v) is 8.52. The molecule has 1 aliphatic heterocycles. The number of aliphatic hydroxyl groups is 1. The summed E-state index contributed by atoms with van der Waals surface area (Å²) in [5.41, 5.74) is 0. The quantitative estimate of drug-likeness (QED) is 0.822. The highest BCUT2D eigenvalue weighted by Crippen LogP contribution is 2.37. The molecule has 2 aromatic rings. The summed E-state index contributed by atoms with van der Waals surface area (Å²) in [6.07, 6.45) is 1.01. The van der Waals surface area contributed by atoms with Crippen molar-refractivity contribution >= 4 is 18.7 Å². The van der Waals surface area contributed by atoms with E-state index in [0.29, 0.717) is 13.2 Å². The van der Waals surface area contributed by atoms with E-state index in [0.717, 1.165) is 12.8 Å². The van der Waals surface area contributed by atoms with Crippen LogP contribution in [0.25, 0.3) is 0 Å². The first kappa shape index (κ1) is 19.3. The zero-order valence-electron chi connectivity index (χ0n) is 16.0. The second kappa shape index (κ2) is 8.05. The minimum absolute atomic E-state index is 0.0602. The number of hydrogen-bond acceptors (Lipinski definition) is 3. The van der Waals surface area contributed by atoms with Gasteiger partial charge < -0.3 is 14.3 Å². The van der Waals surface area contributed by atoms with Crippen molar-refractivity contribution in [1.82, 2.24) is 0 Å². The standard InChI is InChI=1S/C22H30O3Si/c1-22(2,3)26(18-11-6-4-7-12-18,19-13-8-5-9-14-19)25-17-21-20(23)15-10-16-24-21/h4-9,11-14,20-21,23H,10,15-17H2,1-3H3/t20-,21-/m1/s1. The maximum Gasteiger partial charge on any atom is 0.261 e. The largest absolute Gasteiger partial charge is 0.405 e. The van der Waals surface area contributed by atoms with E-state index in [-0.39, 0.29) is 11.1 Å². The topological polar surface area (TPSA) is 38.7 Å². The normalized spacial score (nSPS) is 21.5. The van der Waals surface area contributed by atoms with Gasteiger partial charge in [-0.3, -0.25) is 0 Å². The maximum atomic E-state index is 10.3. The third-order valence-electron chi connectivity index (χ3n) is 5.29. The minimum Gasteiger partial charge on any atom is -0.405 e. The second-order valence-electron chi connectivity index (χ2n) is 8.09. The Morgan fingerprint density at radius 3 is 2.00 bits per heavy atom. The molecule has 0 amide bonds. The molecule has 0 saturated carbocycles. The van der Waals surface area contributed by atoms with E-state index in [9.17, 15) is 5.11 Å². The van der Waals surface area contributed by atoms with Crippen molar-refractivity contribution in [2.45, 2.75) is 50.9 Å². The first-order chi connectivity index (χ1) is 12.4. The summed E-state index contributed by atoms with van der Waals surface area (Å²) in [6, 6.07) is 21.2. The van der Waals surface area contributed by atoms with Crippen molar-refractivity contribution in [3.63, 3.8) is 0 Å². The summed E-state index contributed by atoms with van der Waals surface area (Å²) < 4.78 is 12.6. The fourth-order valence-electron chi connectivity index (χ4n) is 3.95. The molecule has 3 nitrogen and oxygen atoms in total. The van der Waals surface area contributed by atoms with Crippen LogP contribution < -0.4 is 10.4 Å². The van der Waals surface area contributed by atoms with E-state index in [4.69, 9.17) is 9.16 Å². The summed E-state index contributed by atoms with van der Waals surface area (Å²) in [5, 5.41) is 12.8. The molecular formula is C22H30O3Si. The Hall–Kier alpha value is -1.46. The molecular weight excluding hydrogens is 340 g/mol. The molecule has 0 spiro atoms. The molecule has 1 N–H and O–H groups in total. The SMILES string of the molecule is CC(C)(C)[Si](OC[C@H]1OCCC[C@H]1O)(c1ccccc1)c1ccccc1. The number of benzene rings is 2. The van der Waals surface area contributed by atoms with Crippen LogP contribution in [0, 0.1) is 0 Å². The fraction of sp³-hybridized carbons (Fsp3) is 0.455. The van der Waals surface area contributed by atoms with Gasteiger partial charge in [-0.1, -0.05) is 81.4 Å². The lowest BCUT2D eigenvalue weighted by atomic mass is 10.1. The Bertz CT molecular complexity index is 642. The first-order valence-electron chi connectivity index (χ1n) is 9.50. The molecule has 26 heavy (non-hydrogen) atoms. The van der Waals surface area contributed by atoms with Crippen molar-refractivity contribution < 1.29 is 14.3 Å². The summed E-state index contributed by atoms with van der Waals surface area (Å²) in [7, 11) is -2.55. The van der Waals surface area contributed by atoms with Crippen molar-refractivity contribution in [2.24, 2.45) is 0 Å². The van der Waals surface area contributed by atoms with Gasteiger partial charge in [-0.15, -0.1) is 0 Å². The minimum atomic E-state index is -2.55. The molecule has 140 valence electrons. The Kier molecular flexibility index (Phi) is 5.98. The molecule has 0 unspecified atom stereocenters. The summed E-state index contributed by atoms with van der Waals surface area (Å²) >= 11 is 0. The van der Waals surface area contributed by atoms with Crippen LogP contribution in [0.3, 0.4) is 0 Å². The van der Waals surface area contributed by atoms with Gasteiger partial charge in [-0.05, 0) is 28.3 Å². The van der Waals surface area contributed by atoms with Crippen LogP contribution in [-0.2, 0) is 9.16 Å². The van der Waals surface area contributed by atoms with Gasteiger partial charge in [0.25, 0.3) is 8.32 Å². The lowest BCUT2D eigenvalue weighted by Gasteiger charge is -2.44. The Balaban J connectivity index is 2.02. The van der Waals surface area contributed by atoms with Gasteiger partial charge in [0.05, 0.1) is 12.7 Å². The smallest absolute Gasteiger partial charge is 0.261 e. The molecule has 1 saturated heterocycles. The molecule has 4 heteroatoms. The van der Waals surface area contributed by atoms with Crippen LogP contribution in [0.4, 0.5) is 0 Å². The van der Waals surface area contributed by atoms with E-state index >= 15 is 0 Å². The molecule has 0 radical (unpaired) electrons. The molecule has 1 aliphatic rings. The predicted octanol–water partition coefficient (Wildman–Crippen LogP) is 3.10. The second-order valence-corrected chi connectivity index (χ2v) is 12.4. The average Bonchev–Trinajstić information content (AvgIpc) is 2.64. The third-order valence-corrected chi connectivity index (χ3v) is 10.3. The van der Waals surface area contributed by atoms with Gasteiger partial charge in [0.15, 0.2) is 0 Å². The lowest BCUT2D eigenvalue weighted by Crippen LogP contribution is -2.67. The first-order valence-corrected chi connectivity index (χ1v) is 11.4. The Morgan fingerprint density at radius 1 is 1.00 bits per heavy atom. The molecule has 1 heterocycles. The van der Waals surface area contributed by atoms with E-state index in [1.165, 1.54) is 10.4 Å². The lowest BCUT2D eigenvalue weighted by molar-refractivity contribution is -0.0914. The van der Waals surface area contributed by atoms with Gasteiger partial charge in [0.1, 0.15) is 6.10 Å². The molecule has 1 fully saturated rings. The van der Waals surface area contributed by atoms with Crippen LogP contribution in [0.15, 0.2) is 60.7 Å². The average molecular weight is 371 g/mol. The van der Waals surface area contributed by atoms with Gasteiger partial charge in [-0.25, -0.2) is 0 Å². The molecule has 0 aliphatic carbocycles. The summed E-state index contributed by atoms with van der Waals surface area (Å²) in [5.74, 6) is 0. The monoisotopic (exact) mass is 370 g/mol. The molecule has 0 aromatic heterocycles. The maximum absolute atomic E-state index is 10.3. The van der Waals surface area contributed by atoms with Crippen LogP contribution >= 0.6 is 0 Å². The zero-order valence-corrected chi connectivity index (χ0v) is 17.0. The summed E-state index contributed by atoms with van der Waals surface area (Å²) in [6.45, 7) is 7.91. The molecule has 2 aromatic carbocycles. The van der Waals surface area contributed by atoms with Gasteiger partial charge in [0.2, 0.25) is 0 Å². The van der Waals surface area contributed by atoms with Gasteiger partial charge in [-0.2, -0.15) is 0 Å². The highest BCUT2D eigenvalue weighted by molar-refractivity contribution is 6.99. The Morgan fingerprint density at radius 2 is 1.54 bits per heavy atom. The van der Waals surface area contributed by atoms with Gasteiger partial charge >= 0.3 is 0 Å². The van der Waals surface area contributed by atoms with Crippen LogP contribution in [0.5, 0.6) is 0 Å². The van der Waals surface area contributed by atoms with Crippen LogP contribution in [0.2, 0.25) is 5.04 Å². The van der Waals surface area contributed by atoms with E-state index in [2.05, 4.69) is 69.3 Å². The Labute approximate surface area is 158 Å². The van der Waals surface area contributed by atoms with Crippen molar-refractivity contribution in [1.29, 1.82) is 0 Å². The van der Waals surface area contributed by atoms with E-state index < -0.39 is 14.4 Å². The molecule has 2 atom stereocenters. The predicted molar refractivity (Wildman–Crippen MR) is 109 cm³/mol. The van der Waals surface area contributed by atoms with E-state index in [1.807, 2.05) is 12.1 Å². The number of hydrogen-bond donors (Lipinski definition) is 1. The number of aliphatic hydroxyl groups excluding tert-OH is 1. The number of ether oxygens (including phenoxy) is 1. The van der Waals surface area contributed by atoms with Crippen LogP contribution in [0.1, 0.15) is 33.6 Å². The third kappa shape index (κ3) is 3.79. The van der Waals surface area contributed by atoms with E-state index in [1.54, 1.807) is 0 Å². The molecule has 0 bridgehead atoms. The van der Waals surface area contributed by atoms with Crippen molar-refractivity contribution in [2.75, 3.05) is 13.2 Å². The highest BCUT2D eigenvalue weighted by Gasteiger charge is 2.50. The number of rotatable bonds is 5. The zero-order chi connectivity index (χ0) is 18.6. The van der Waals surface area contributed by atoms with Gasteiger partial charge in [0, 0.05) is 6.61 Å².